The van der Waals surface area contributed by atoms with E-state index in [0.717, 1.165) is 16.7 Å². The second-order valence-electron chi connectivity index (χ2n) is 10.3. The number of hydrogen-bond donors (Lipinski definition) is 1. The van der Waals surface area contributed by atoms with Gasteiger partial charge in [0, 0.05) is 6.42 Å². The molecular formula is C32H38O7. The number of carboxylic acids is 1. The summed E-state index contributed by atoms with van der Waals surface area (Å²) in [5, 5.41) is 9.47. The first kappa shape index (κ1) is 28.9. The Morgan fingerprint density at radius 3 is 1.85 bits per heavy atom. The van der Waals surface area contributed by atoms with E-state index in [-0.39, 0.29) is 0 Å². The number of carbonyl (C=O) groups is 1. The minimum atomic E-state index is -1.06. The number of ether oxygens (including phenoxy) is 5. The monoisotopic (exact) mass is 534 g/mol. The summed E-state index contributed by atoms with van der Waals surface area (Å²) in [6.45, 7) is 6.52. The average Bonchev–Trinajstić information content (AvgIpc) is 2.95. The Morgan fingerprint density at radius 2 is 1.33 bits per heavy atom. The molecule has 1 heterocycles. The van der Waals surface area contributed by atoms with Gasteiger partial charge in [-0.2, -0.15) is 0 Å². The zero-order valence-electron chi connectivity index (χ0n) is 22.8. The lowest BCUT2D eigenvalue weighted by Gasteiger charge is -2.47. The first-order valence-electron chi connectivity index (χ1n) is 13.3. The summed E-state index contributed by atoms with van der Waals surface area (Å²) >= 11 is 0. The number of benzene rings is 3. The smallest absolute Gasteiger partial charge is 0.332 e. The largest absolute Gasteiger partial charge is 0.479 e. The van der Waals surface area contributed by atoms with Crippen molar-refractivity contribution in [2.45, 2.75) is 83.3 Å². The summed E-state index contributed by atoms with van der Waals surface area (Å²) in [6.07, 6.45) is -3.07. The third-order valence-corrected chi connectivity index (χ3v) is 6.82. The lowest BCUT2D eigenvalue weighted by atomic mass is 9.89. The van der Waals surface area contributed by atoms with E-state index < -0.39 is 42.3 Å². The van der Waals surface area contributed by atoms with Gasteiger partial charge in [-0.15, -0.1) is 0 Å². The van der Waals surface area contributed by atoms with Crippen LogP contribution in [0.15, 0.2) is 91.0 Å². The normalized spacial score (nSPS) is 22.3. The Balaban J connectivity index is 1.59. The maximum atomic E-state index is 11.6. The van der Waals surface area contributed by atoms with Crippen molar-refractivity contribution in [3.05, 3.63) is 108 Å². The predicted octanol–water partition coefficient (Wildman–Crippen LogP) is 5.76. The average molecular weight is 535 g/mol. The van der Waals surface area contributed by atoms with Gasteiger partial charge in [-0.05, 0) is 37.5 Å². The molecule has 0 unspecified atom stereocenters. The molecule has 3 aromatic carbocycles. The van der Waals surface area contributed by atoms with Gasteiger partial charge in [0.05, 0.1) is 31.5 Å². The maximum absolute atomic E-state index is 11.6. The van der Waals surface area contributed by atoms with Crippen molar-refractivity contribution in [3.63, 3.8) is 0 Å². The Kier molecular flexibility index (Phi) is 10.3. The quantitative estimate of drug-likeness (QED) is 0.299. The summed E-state index contributed by atoms with van der Waals surface area (Å²) in [5.41, 5.74) is 2.27. The van der Waals surface area contributed by atoms with E-state index in [0.29, 0.717) is 26.2 Å². The van der Waals surface area contributed by atoms with Crippen LogP contribution in [0.1, 0.15) is 43.9 Å². The third kappa shape index (κ3) is 8.46. The van der Waals surface area contributed by atoms with Crippen LogP contribution in [-0.4, -0.2) is 47.4 Å². The van der Waals surface area contributed by atoms with E-state index in [1.165, 1.54) is 6.92 Å². The highest BCUT2D eigenvalue weighted by Crippen LogP contribution is 2.35. The fourth-order valence-electron chi connectivity index (χ4n) is 4.58. The Hall–Kier alpha value is -3.07. The van der Waals surface area contributed by atoms with Crippen LogP contribution in [0.3, 0.4) is 0 Å². The fraction of sp³-hybridized carbons (Fsp3) is 0.406. The first-order chi connectivity index (χ1) is 18.8. The molecule has 0 aliphatic carbocycles. The van der Waals surface area contributed by atoms with Crippen molar-refractivity contribution in [2.75, 3.05) is 0 Å². The molecule has 0 saturated carbocycles. The lowest BCUT2D eigenvalue weighted by molar-refractivity contribution is -0.311. The molecule has 1 saturated heterocycles. The van der Waals surface area contributed by atoms with Crippen molar-refractivity contribution in [2.24, 2.45) is 0 Å². The first-order valence-corrected chi connectivity index (χ1v) is 13.3. The van der Waals surface area contributed by atoms with Crippen molar-refractivity contribution in [1.82, 2.24) is 0 Å². The Morgan fingerprint density at radius 1 is 0.846 bits per heavy atom. The van der Waals surface area contributed by atoms with E-state index >= 15 is 0 Å². The molecule has 0 radical (unpaired) electrons. The van der Waals surface area contributed by atoms with Crippen LogP contribution in [0.25, 0.3) is 0 Å². The summed E-state index contributed by atoms with van der Waals surface area (Å²) in [5.74, 6) is -1.06. The SMILES string of the molecule is C[C@H](O[C@@H]1C[C@@H](OCc2ccccc2)[C@H](OCc2ccccc2)[C@@H](C(C)(C)OCc2ccccc2)O1)C(=O)O. The van der Waals surface area contributed by atoms with Crippen LogP contribution in [-0.2, 0) is 48.3 Å². The van der Waals surface area contributed by atoms with Gasteiger partial charge in [0.1, 0.15) is 12.2 Å². The van der Waals surface area contributed by atoms with Gasteiger partial charge in [0.2, 0.25) is 0 Å². The van der Waals surface area contributed by atoms with Gasteiger partial charge in [0.25, 0.3) is 0 Å². The number of rotatable bonds is 13. The molecule has 5 atom stereocenters. The number of hydrogen-bond acceptors (Lipinski definition) is 6. The van der Waals surface area contributed by atoms with E-state index in [1.54, 1.807) is 0 Å². The van der Waals surface area contributed by atoms with Gasteiger partial charge in [-0.3, -0.25) is 0 Å². The molecule has 0 spiro atoms. The summed E-state index contributed by atoms with van der Waals surface area (Å²) < 4.78 is 31.6. The van der Waals surface area contributed by atoms with Gasteiger partial charge in [-0.25, -0.2) is 4.79 Å². The topological polar surface area (TPSA) is 83.5 Å². The van der Waals surface area contributed by atoms with E-state index in [2.05, 4.69) is 0 Å². The summed E-state index contributed by atoms with van der Waals surface area (Å²) in [6, 6.07) is 29.8. The third-order valence-electron chi connectivity index (χ3n) is 6.82. The minimum Gasteiger partial charge on any atom is -0.479 e. The molecule has 4 rings (SSSR count). The highest BCUT2D eigenvalue weighted by Gasteiger charge is 2.49. The van der Waals surface area contributed by atoms with E-state index in [9.17, 15) is 9.90 Å². The molecule has 0 aromatic heterocycles. The molecule has 1 N–H and O–H groups in total. The molecular weight excluding hydrogens is 496 g/mol. The number of carboxylic acid groups (broad SMARTS) is 1. The number of aliphatic carboxylic acids is 1. The van der Waals surface area contributed by atoms with Crippen molar-refractivity contribution in [3.8, 4) is 0 Å². The molecule has 3 aromatic rings. The van der Waals surface area contributed by atoms with Crippen LogP contribution in [0, 0.1) is 0 Å². The van der Waals surface area contributed by atoms with Gasteiger partial charge < -0.3 is 28.8 Å². The molecule has 0 bridgehead atoms. The Bertz CT molecular complexity index is 1140. The van der Waals surface area contributed by atoms with E-state index in [4.69, 9.17) is 23.7 Å². The van der Waals surface area contributed by atoms with E-state index in [1.807, 2.05) is 105 Å². The summed E-state index contributed by atoms with van der Waals surface area (Å²) in [7, 11) is 0. The molecule has 1 aliphatic heterocycles. The molecule has 1 aliphatic rings. The van der Waals surface area contributed by atoms with Crippen LogP contribution in [0.5, 0.6) is 0 Å². The zero-order chi connectivity index (χ0) is 27.7. The molecule has 7 heteroatoms. The van der Waals surface area contributed by atoms with Crippen LogP contribution < -0.4 is 0 Å². The van der Waals surface area contributed by atoms with Gasteiger partial charge in [0.15, 0.2) is 12.4 Å². The summed E-state index contributed by atoms with van der Waals surface area (Å²) in [4.78, 5) is 11.6. The van der Waals surface area contributed by atoms with Crippen molar-refractivity contribution in [1.29, 1.82) is 0 Å². The maximum Gasteiger partial charge on any atom is 0.332 e. The van der Waals surface area contributed by atoms with Crippen LogP contribution >= 0.6 is 0 Å². The predicted molar refractivity (Wildman–Crippen MR) is 147 cm³/mol. The van der Waals surface area contributed by atoms with Crippen molar-refractivity contribution >= 4 is 5.97 Å². The highest BCUT2D eigenvalue weighted by molar-refractivity contribution is 5.71. The molecule has 39 heavy (non-hydrogen) atoms. The van der Waals surface area contributed by atoms with Crippen LogP contribution in [0.4, 0.5) is 0 Å². The van der Waals surface area contributed by atoms with Gasteiger partial charge >= 0.3 is 5.97 Å². The van der Waals surface area contributed by atoms with Crippen molar-refractivity contribution < 1.29 is 33.6 Å². The second-order valence-corrected chi connectivity index (χ2v) is 10.3. The molecule has 1 fully saturated rings. The van der Waals surface area contributed by atoms with Crippen LogP contribution in [0.2, 0.25) is 0 Å². The standard InChI is InChI=1S/C32H38O7/c1-23(31(33)34)38-28-19-27(35-20-24-13-7-4-8-14-24)29(36-21-25-15-9-5-10-16-25)30(39-28)32(2,3)37-22-26-17-11-6-12-18-26/h4-18,23,27-30H,19-22H2,1-3H3,(H,33,34)/t23-,27+,28-,29-,30-/m0/s1. The second kappa shape index (κ2) is 13.8. The van der Waals surface area contributed by atoms with Gasteiger partial charge in [-0.1, -0.05) is 91.0 Å². The fourth-order valence-corrected chi connectivity index (χ4v) is 4.58. The minimum absolute atomic E-state index is 0.315. The zero-order valence-corrected chi connectivity index (χ0v) is 22.8. The lowest BCUT2D eigenvalue weighted by Crippen LogP contribution is -2.60. The highest BCUT2D eigenvalue weighted by atomic mass is 16.7. The Labute approximate surface area is 230 Å². The molecule has 7 nitrogen and oxygen atoms in total. The molecule has 208 valence electrons. The molecule has 0 amide bonds.